The molecule has 5 nitrogen and oxygen atoms in total. The van der Waals surface area contributed by atoms with Crippen molar-refractivity contribution in [2.75, 3.05) is 0 Å². The Morgan fingerprint density at radius 2 is 1.58 bits per heavy atom. The molecule has 0 unspecified atom stereocenters. The minimum Gasteiger partial charge on any atom is -0.493 e. The lowest BCUT2D eigenvalue weighted by molar-refractivity contribution is 0.453. The first kappa shape index (κ1) is 14.1. The monoisotopic (exact) mass is 314 g/mol. The smallest absolute Gasteiger partial charge is 0.210 e. The Morgan fingerprint density at radius 1 is 0.792 bits per heavy atom. The molecule has 0 saturated heterocycles. The first-order chi connectivity index (χ1) is 11.8. The zero-order valence-electron chi connectivity index (χ0n) is 12.7. The summed E-state index contributed by atoms with van der Waals surface area (Å²) < 4.78 is 0. The quantitative estimate of drug-likeness (QED) is 0.601. The van der Waals surface area contributed by atoms with Crippen LogP contribution in [0.3, 0.4) is 0 Å². The molecule has 4 aromatic rings. The number of nitrogens with zero attached hydrogens (tertiary/aromatic N) is 3. The summed E-state index contributed by atoms with van der Waals surface area (Å²) in [6.07, 6.45) is 5.11. The standard InChI is InChI=1S/C19H14N4O/c24-16-7-6-15(12-21-16)18-17(13-8-10-20-11-9-13)22-19(23-18)14-4-2-1-3-5-14/h1-12H,(H,21,24)(H,22,23). The van der Waals surface area contributed by atoms with Crippen molar-refractivity contribution in [2.45, 2.75) is 0 Å². The molecule has 24 heavy (non-hydrogen) atoms. The number of pyridine rings is 2. The maximum atomic E-state index is 9.43. The summed E-state index contributed by atoms with van der Waals surface area (Å²) >= 11 is 0. The molecule has 0 aliphatic rings. The van der Waals surface area contributed by atoms with E-state index in [4.69, 9.17) is 4.98 Å². The zero-order valence-corrected chi connectivity index (χ0v) is 12.7. The Kier molecular flexibility index (Phi) is 3.51. The lowest BCUT2D eigenvalue weighted by atomic mass is 10.1. The zero-order chi connectivity index (χ0) is 16.4. The molecule has 0 aliphatic carbocycles. The third kappa shape index (κ3) is 2.63. The molecule has 0 atom stereocenters. The Hall–Kier alpha value is -3.47. The molecule has 0 amide bonds. The third-order valence-corrected chi connectivity index (χ3v) is 3.74. The van der Waals surface area contributed by atoms with Crippen LogP contribution in [0.4, 0.5) is 0 Å². The van der Waals surface area contributed by atoms with Crippen LogP contribution in [0.2, 0.25) is 0 Å². The van der Waals surface area contributed by atoms with Crippen molar-refractivity contribution in [1.29, 1.82) is 0 Å². The third-order valence-electron chi connectivity index (χ3n) is 3.74. The Morgan fingerprint density at radius 3 is 2.29 bits per heavy atom. The molecule has 1 aromatic carbocycles. The number of imidazole rings is 1. The van der Waals surface area contributed by atoms with E-state index in [1.807, 2.05) is 48.5 Å². The van der Waals surface area contributed by atoms with E-state index in [9.17, 15) is 5.11 Å². The number of nitrogens with one attached hydrogen (secondary N) is 1. The Balaban J connectivity index is 1.90. The molecule has 0 fully saturated rings. The lowest BCUT2D eigenvalue weighted by Crippen LogP contribution is -1.85. The highest BCUT2D eigenvalue weighted by Gasteiger charge is 2.15. The number of benzene rings is 1. The van der Waals surface area contributed by atoms with Gasteiger partial charge in [0.2, 0.25) is 5.88 Å². The van der Waals surface area contributed by atoms with E-state index in [1.165, 1.54) is 0 Å². The van der Waals surface area contributed by atoms with E-state index in [0.29, 0.717) is 0 Å². The van der Waals surface area contributed by atoms with Gasteiger partial charge in [-0.3, -0.25) is 4.98 Å². The van der Waals surface area contributed by atoms with Gasteiger partial charge in [-0.15, -0.1) is 0 Å². The largest absolute Gasteiger partial charge is 0.493 e. The lowest BCUT2D eigenvalue weighted by Gasteiger charge is -2.02. The molecule has 116 valence electrons. The number of rotatable bonds is 3. The first-order valence-corrected chi connectivity index (χ1v) is 7.52. The average molecular weight is 314 g/mol. The first-order valence-electron chi connectivity index (χ1n) is 7.52. The number of hydrogen-bond acceptors (Lipinski definition) is 4. The summed E-state index contributed by atoms with van der Waals surface area (Å²) in [5.74, 6) is 0.775. The summed E-state index contributed by atoms with van der Waals surface area (Å²) in [5, 5.41) is 9.43. The van der Waals surface area contributed by atoms with Crippen LogP contribution in [0, 0.1) is 0 Å². The van der Waals surface area contributed by atoms with Gasteiger partial charge in [-0.25, -0.2) is 9.97 Å². The number of aromatic hydroxyl groups is 1. The van der Waals surface area contributed by atoms with E-state index in [-0.39, 0.29) is 5.88 Å². The van der Waals surface area contributed by atoms with Crippen LogP contribution in [0.15, 0.2) is 73.2 Å². The van der Waals surface area contributed by atoms with Crippen molar-refractivity contribution in [3.05, 3.63) is 73.2 Å². The van der Waals surface area contributed by atoms with Gasteiger partial charge in [-0.1, -0.05) is 30.3 Å². The molecule has 3 heterocycles. The van der Waals surface area contributed by atoms with E-state index in [0.717, 1.165) is 33.9 Å². The van der Waals surface area contributed by atoms with Crippen molar-refractivity contribution < 1.29 is 5.11 Å². The van der Waals surface area contributed by atoms with Crippen molar-refractivity contribution in [3.63, 3.8) is 0 Å². The molecule has 0 radical (unpaired) electrons. The van der Waals surface area contributed by atoms with Crippen molar-refractivity contribution >= 4 is 0 Å². The van der Waals surface area contributed by atoms with Crippen molar-refractivity contribution in [1.82, 2.24) is 19.9 Å². The topological polar surface area (TPSA) is 74.7 Å². The molecule has 5 heteroatoms. The maximum Gasteiger partial charge on any atom is 0.210 e. The van der Waals surface area contributed by atoms with E-state index in [1.54, 1.807) is 24.7 Å². The second-order valence-electron chi connectivity index (χ2n) is 5.32. The van der Waals surface area contributed by atoms with Gasteiger partial charge in [0.15, 0.2) is 0 Å². The van der Waals surface area contributed by atoms with Crippen LogP contribution >= 0.6 is 0 Å². The van der Waals surface area contributed by atoms with Gasteiger partial charge in [-0.05, 0) is 18.2 Å². The van der Waals surface area contributed by atoms with Crippen LogP contribution in [0.5, 0.6) is 5.88 Å². The van der Waals surface area contributed by atoms with E-state index < -0.39 is 0 Å². The highest BCUT2D eigenvalue weighted by molar-refractivity contribution is 5.80. The Bertz CT molecular complexity index is 948. The van der Waals surface area contributed by atoms with Crippen LogP contribution in [-0.2, 0) is 0 Å². The summed E-state index contributed by atoms with van der Waals surface area (Å²) in [5.41, 5.74) is 4.50. The van der Waals surface area contributed by atoms with Crippen LogP contribution in [0.25, 0.3) is 33.9 Å². The minimum atomic E-state index is -0.00740. The molecule has 3 aromatic heterocycles. The van der Waals surface area contributed by atoms with Crippen LogP contribution in [-0.4, -0.2) is 25.0 Å². The maximum absolute atomic E-state index is 9.43. The molecule has 0 bridgehead atoms. The fourth-order valence-corrected chi connectivity index (χ4v) is 2.57. The van der Waals surface area contributed by atoms with Gasteiger partial charge in [-0.2, -0.15) is 0 Å². The summed E-state index contributed by atoms with van der Waals surface area (Å²) in [7, 11) is 0. The molecule has 0 aliphatic heterocycles. The van der Waals surface area contributed by atoms with Crippen molar-refractivity contribution in [2.24, 2.45) is 0 Å². The fraction of sp³-hybridized carbons (Fsp3) is 0. The minimum absolute atomic E-state index is 0.00740. The molecule has 0 spiro atoms. The molecule has 0 saturated carbocycles. The predicted octanol–water partition coefficient (Wildman–Crippen LogP) is 3.91. The number of aromatic nitrogens is 4. The van der Waals surface area contributed by atoms with Gasteiger partial charge < -0.3 is 10.1 Å². The summed E-state index contributed by atoms with van der Waals surface area (Å²) in [6, 6.07) is 17.2. The van der Waals surface area contributed by atoms with Gasteiger partial charge >= 0.3 is 0 Å². The van der Waals surface area contributed by atoms with Gasteiger partial charge in [0.25, 0.3) is 0 Å². The highest BCUT2D eigenvalue weighted by Crippen LogP contribution is 2.32. The SMILES string of the molecule is Oc1ccc(-c2[nH]c(-c3ccccc3)nc2-c2ccncc2)cn1. The van der Waals surface area contributed by atoms with Crippen LogP contribution in [0.1, 0.15) is 0 Å². The van der Waals surface area contributed by atoms with Gasteiger partial charge in [0.1, 0.15) is 5.82 Å². The normalized spacial score (nSPS) is 10.7. The number of H-pyrrole nitrogens is 1. The van der Waals surface area contributed by atoms with E-state index >= 15 is 0 Å². The molecule has 2 N–H and O–H groups in total. The van der Waals surface area contributed by atoms with E-state index in [2.05, 4.69) is 15.0 Å². The van der Waals surface area contributed by atoms with Crippen LogP contribution < -0.4 is 0 Å². The average Bonchev–Trinajstić information content (AvgIpc) is 3.09. The second kappa shape index (κ2) is 5.96. The van der Waals surface area contributed by atoms with Gasteiger partial charge in [0, 0.05) is 41.3 Å². The number of hydrogen-bond donors (Lipinski definition) is 2. The molecular formula is C19H14N4O. The number of aromatic amines is 1. The fourth-order valence-electron chi connectivity index (χ4n) is 2.57. The Labute approximate surface area is 138 Å². The molecular weight excluding hydrogens is 300 g/mol. The second-order valence-corrected chi connectivity index (χ2v) is 5.32. The summed E-state index contributed by atoms with van der Waals surface area (Å²) in [4.78, 5) is 16.2. The molecule has 4 rings (SSSR count). The van der Waals surface area contributed by atoms with Crippen molar-refractivity contribution in [3.8, 4) is 39.8 Å². The van der Waals surface area contributed by atoms with Gasteiger partial charge in [0.05, 0.1) is 11.4 Å². The highest BCUT2D eigenvalue weighted by atomic mass is 16.3. The predicted molar refractivity (Wildman–Crippen MR) is 92.2 cm³/mol. The summed E-state index contributed by atoms with van der Waals surface area (Å²) in [6.45, 7) is 0.